The highest BCUT2D eigenvalue weighted by atomic mass is 19.1. The van der Waals surface area contributed by atoms with E-state index in [1.54, 1.807) is 6.26 Å². The van der Waals surface area contributed by atoms with Crippen LogP contribution in [-0.4, -0.2) is 7.05 Å². The van der Waals surface area contributed by atoms with E-state index in [-0.39, 0.29) is 11.9 Å². The van der Waals surface area contributed by atoms with Gasteiger partial charge in [0.15, 0.2) is 0 Å². The molecule has 1 aromatic heterocycles. The number of rotatable bonds is 3. The van der Waals surface area contributed by atoms with Gasteiger partial charge in [-0.15, -0.1) is 0 Å². The molecule has 0 radical (unpaired) electrons. The van der Waals surface area contributed by atoms with Gasteiger partial charge < -0.3 is 9.73 Å². The molecule has 2 nitrogen and oxygen atoms in total. The molecule has 0 aliphatic heterocycles. The third-order valence-corrected chi connectivity index (χ3v) is 3.71. The SMILES string of the molecule is CNC(c1ccoc1C)c1ccc(F)c2ccccc12. The zero-order valence-electron chi connectivity index (χ0n) is 11.5. The van der Waals surface area contributed by atoms with Crippen LogP contribution in [0, 0.1) is 12.7 Å². The molecule has 1 N–H and O–H groups in total. The number of fused-ring (bicyclic) bond motifs is 1. The van der Waals surface area contributed by atoms with Gasteiger partial charge >= 0.3 is 0 Å². The number of halogens is 1. The van der Waals surface area contributed by atoms with Crippen LogP contribution in [0.15, 0.2) is 53.1 Å². The Labute approximate surface area is 117 Å². The van der Waals surface area contributed by atoms with E-state index in [9.17, 15) is 4.39 Å². The van der Waals surface area contributed by atoms with Crippen LogP contribution in [0.5, 0.6) is 0 Å². The van der Waals surface area contributed by atoms with Crippen LogP contribution in [-0.2, 0) is 0 Å². The second-order valence-electron chi connectivity index (χ2n) is 4.84. The molecule has 0 saturated carbocycles. The minimum Gasteiger partial charge on any atom is -0.469 e. The molecular formula is C17H16FNO. The van der Waals surface area contributed by atoms with Crippen molar-refractivity contribution in [3.05, 3.63) is 71.4 Å². The van der Waals surface area contributed by atoms with Gasteiger partial charge in [-0.1, -0.05) is 30.3 Å². The Bertz CT molecular complexity index is 748. The summed E-state index contributed by atoms with van der Waals surface area (Å²) in [6.07, 6.45) is 1.68. The zero-order valence-corrected chi connectivity index (χ0v) is 11.5. The normalized spacial score (nSPS) is 12.8. The van der Waals surface area contributed by atoms with Crippen LogP contribution in [0.2, 0.25) is 0 Å². The lowest BCUT2D eigenvalue weighted by molar-refractivity contribution is 0.523. The first-order chi connectivity index (χ1) is 9.72. The summed E-state index contributed by atoms with van der Waals surface area (Å²) in [6, 6.07) is 12.8. The molecule has 20 heavy (non-hydrogen) atoms. The molecule has 0 bridgehead atoms. The third kappa shape index (κ3) is 2.00. The second kappa shape index (κ2) is 5.10. The lowest BCUT2D eigenvalue weighted by Gasteiger charge is -2.18. The average Bonchev–Trinajstić information content (AvgIpc) is 2.89. The maximum Gasteiger partial charge on any atom is 0.131 e. The first kappa shape index (κ1) is 12.9. The summed E-state index contributed by atoms with van der Waals surface area (Å²) in [5.74, 6) is 0.681. The molecule has 1 heterocycles. The Morgan fingerprint density at radius 3 is 2.40 bits per heavy atom. The summed E-state index contributed by atoms with van der Waals surface area (Å²) in [5, 5.41) is 4.86. The molecule has 0 amide bonds. The Balaban J connectivity index is 2.23. The molecule has 2 aromatic carbocycles. The van der Waals surface area contributed by atoms with Crippen molar-refractivity contribution in [1.82, 2.24) is 5.32 Å². The molecule has 102 valence electrons. The van der Waals surface area contributed by atoms with Crippen LogP contribution in [0.3, 0.4) is 0 Å². The minimum atomic E-state index is -0.192. The fourth-order valence-electron chi connectivity index (χ4n) is 2.71. The fourth-order valence-corrected chi connectivity index (χ4v) is 2.71. The molecule has 0 saturated heterocycles. The third-order valence-electron chi connectivity index (χ3n) is 3.71. The van der Waals surface area contributed by atoms with Crippen molar-refractivity contribution in [2.45, 2.75) is 13.0 Å². The van der Waals surface area contributed by atoms with E-state index in [0.717, 1.165) is 22.3 Å². The van der Waals surface area contributed by atoms with Crippen molar-refractivity contribution >= 4 is 10.8 Å². The molecule has 1 unspecified atom stereocenters. The first-order valence-electron chi connectivity index (χ1n) is 6.60. The summed E-state index contributed by atoms with van der Waals surface area (Å²) in [7, 11) is 1.90. The molecule has 0 spiro atoms. The number of aryl methyl sites for hydroxylation is 1. The molecule has 3 aromatic rings. The first-order valence-corrected chi connectivity index (χ1v) is 6.60. The van der Waals surface area contributed by atoms with Gasteiger partial charge in [0.1, 0.15) is 11.6 Å². The van der Waals surface area contributed by atoms with Gasteiger partial charge in [-0.25, -0.2) is 4.39 Å². The second-order valence-corrected chi connectivity index (χ2v) is 4.84. The fraction of sp³-hybridized carbons (Fsp3) is 0.176. The number of nitrogens with one attached hydrogen (secondary N) is 1. The maximum atomic E-state index is 13.9. The summed E-state index contributed by atoms with van der Waals surface area (Å²) in [4.78, 5) is 0. The molecule has 3 heteroatoms. The highest BCUT2D eigenvalue weighted by Crippen LogP contribution is 2.31. The standard InChI is InChI=1S/C17H16FNO/c1-11-12(9-10-20-11)17(19-2)15-7-8-16(18)14-6-4-3-5-13(14)15/h3-10,17,19H,1-2H3. The molecule has 0 aliphatic carbocycles. The van der Waals surface area contributed by atoms with Gasteiger partial charge in [0.25, 0.3) is 0 Å². The predicted octanol–water partition coefficient (Wildman–Crippen LogP) is 4.19. The van der Waals surface area contributed by atoms with Crippen LogP contribution >= 0.6 is 0 Å². The minimum absolute atomic E-state index is 0.0146. The Hall–Kier alpha value is -2.13. The number of hydrogen-bond donors (Lipinski definition) is 1. The summed E-state index contributed by atoms with van der Waals surface area (Å²) >= 11 is 0. The maximum absolute atomic E-state index is 13.9. The number of benzene rings is 2. The van der Waals surface area contributed by atoms with Gasteiger partial charge in [-0.05, 0) is 37.1 Å². The van der Waals surface area contributed by atoms with Gasteiger partial charge in [-0.3, -0.25) is 0 Å². The van der Waals surface area contributed by atoms with Crippen LogP contribution in [0.1, 0.15) is 22.9 Å². The van der Waals surface area contributed by atoms with Crippen LogP contribution in [0.4, 0.5) is 4.39 Å². The van der Waals surface area contributed by atoms with Crippen molar-refractivity contribution in [2.24, 2.45) is 0 Å². The van der Waals surface area contributed by atoms with E-state index >= 15 is 0 Å². The Morgan fingerprint density at radius 2 is 1.75 bits per heavy atom. The van der Waals surface area contributed by atoms with Crippen molar-refractivity contribution in [3.8, 4) is 0 Å². The molecule has 3 rings (SSSR count). The zero-order chi connectivity index (χ0) is 14.1. The summed E-state index contributed by atoms with van der Waals surface area (Å²) in [5.41, 5.74) is 2.12. The topological polar surface area (TPSA) is 25.2 Å². The Morgan fingerprint density at radius 1 is 1.00 bits per heavy atom. The summed E-state index contributed by atoms with van der Waals surface area (Å²) < 4.78 is 19.3. The van der Waals surface area contributed by atoms with Crippen molar-refractivity contribution in [2.75, 3.05) is 7.05 Å². The molecule has 0 fully saturated rings. The van der Waals surface area contributed by atoms with Gasteiger partial charge in [-0.2, -0.15) is 0 Å². The lowest BCUT2D eigenvalue weighted by atomic mass is 9.94. The Kier molecular flexibility index (Phi) is 3.28. The van der Waals surface area contributed by atoms with E-state index in [4.69, 9.17) is 4.42 Å². The average molecular weight is 269 g/mol. The largest absolute Gasteiger partial charge is 0.469 e. The molecule has 0 aliphatic rings. The van der Waals surface area contributed by atoms with Crippen LogP contribution in [0.25, 0.3) is 10.8 Å². The molecular weight excluding hydrogens is 253 g/mol. The number of furan rings is 1. The predicted molar refractivity (Wildman–Crippen MR) is 78.3 cm³/mol. The smallest absolute Gasteiger partial charge is 0.131 e. The monoisotopic (exact) mass is 269 g/mol. The van der Waals surface area contributed by atoms with E-state index < -0.39 is 0 Å². The van der Waals surface area contributed by atoms with Gasteiger partial charge in [0.2, 0.25) is 0 Å². The van der Waals surface area contributed by atoms with Gasteiger partial charge in [0, 0.05) is 10.9 Å². The van der Waals surface area contributed by atoms with Crippen molar-refractivity contribution in [3.63, 3.8) is 0 Å². The number of hydrogen-bond acceptors (Lipinski definition) is 2. The molecule has 1 atom stereocenters. The quantitative estimate of drug-likeness (QED) is 0.771. The van der Waals surface area contributed by atoms with E-state index in [1.165, 1.54) is 6.07 Å². The van der Waals surface area contributed by atoms with Crippen molar-refractivity contribution in [1.29, 1.82) is 0 Å². The summed E-state index contributed by atoms with van der Waals surface area (Å²) in [6.45, 7) is 1.94. The van der Waals surface area contributed by atoms with Crippen molar-refractivity contribution < 1.29 is 8.81 Å². The van der Waals surface area contributed by atoms with Gasteiger partial charge in [0.05, 0.1) is 12.3 Å². The lowest BCUT2D eigenvalue weighted by Crippen LogP contribution is -2.18. The highest BCUT2D eigenvalue weighted by Gasteiger charge is 2.19. The highest BCUT2D eigenvalue weighted by molar-refractivity contribution is 5.87. The van der Waals surface area contributed by atoms with E-state index in [0.29, 0.717) is 5.39 Å². The van der Waals surface area contributed by atoms with E-state index in [1.807, 2.05) is 50.4 Å². The van der Waals surface area contributed by atoms with Crippen LogP contribution < -0.4 is 5.32 Å². The van der Waals surface area contributed by atoms with E-state index in [2.05, 4.69) is 5.32 Å².